The molecule has 0 saturated heterocycles. The molecule has 0 heterocycles. The van der Waals surface area contributed by atoms with Crippen LogP contribution < -0.4 is 0 Å². The van der Waals surface area contributed by atoms with Gasteiger partial charge < -0.3 is 14.2 Å². The van der Waals surface area contributed by atoms with Gasteiger partial charge in [0.05, 0.1) is 0 Å². The summed E-state index contributed by atoms with van der Waals surface area (Å²) in [5.74, 6) is -0.948. The summed E-state index contributed by atoms with van der Waals surface area (Å²) in [7, 11) is 0. The lowest BCUT2D eigenvalue weighted by Crippen LogP contribution is -2.30. The molecule has 0 spiro atoms. The van der Waals surface area contributed by atoms with Gasteiger partial charge in [-0.15, -0.1) is 0 Å². The first-order chi connectivity index (χ1) is 40.0. The second-order valence-electron chi connectivity index (χ2n) is 22.3. The smallest absolute Gasteiger partial charge is 0.306 e. The summed E-state index contributed by atoms with van der Waals surface area (Å²) >= 11 is 0. The van der Waals surface area contributed by atoms with Crippen LogP contribution in [-0.4, -0.2) is 37.2 Å². The van der Waals surface area contributed by atoms with Crippen molar-refractivity contribution in [3.05, 3.63) is 122 Å². The van der Waals surface area contributed by atoms with E-state index in [-0.39, 0.29) is 31.1 Å². The Morgan fingerprint density at radius 3 is 0.802 bits per heavy atom. The minimum Gasteiger partial charge on any atom is -0.462 e. The average molecular weight is 1120 g/mol. The van der Waals surface area contributed by atoms with Crippen molar-refractivity contribution in [2.75, 3.05) is 13.2 Å². The van der Waals surface area contributed by atoms with Crippen molar-refractivity contribution in [2.24, 2.45) is 0 Å². The zero-order valence-electron chi connectivity index (χ0n) is 53.0. The van der Waals surface area contributed by atoms with Gasteiger partial charge in [-0.3, -0.25) is 14.4 Å². The highest BCUT2D eigenvalue weighted by Crippen LogP contribution is 2.16. The SMILES string of the molecule is CC/C=C\C/C=C\C/C=C\C/C=C\CCCCC(=O)OCC(COC(=O)CCCCCCCCCCCCCCCC/C=C\C/C=C\C/C=C\CCCCCCC)OC(=O)CCCCCCCC/C=C\C/C=C\C/C=C\CCCCC. The Balaban J connectivity index is 4.34. The molecule has 0 fully saturated rings. The average Bonchev–Trinajstić information content (AvgIpc) is 3.47. The van der Waals surface area contributed by atoms with E-state index in [4.69, 9.17) is 14.2 Å². The van der Waals surface area contributed by atoms with Gasteiger partial charge in [0.15, 0.2) is 6.10 Å². The molecule has 0 radical (unpaired) electrons. The number of unbranched alkanes of at least 4 members (excludes halogenated alkanes) is 30. The monoisotopic (exact) mass is 1120 g/mol. The van der Waals surface area contributed by atoms with Gasteiger partial charge in [-0.2, -0.15) is 0 Å². The van der Waals surface area contributed by atoms with Crippen LogP contribution in [0.2, 0.25) is 0 Å². The predicted molar refractivity (Wildman–Crippen MR) is 353 cm³/mol. The van der Waals surface area contributed by atoms with Gasteiger partial charge >= 0.3 is 17.9 Å². The van der Waals surface area contributed by atoms with Crippen LogP contribution in [0.4, 0.5) is 0 Å². The maximum atomic E-state index is 12.9. The first-order valence-corrected chi connectivity index (χ1v) is 34.0. The molecule has 462 valence electrons. The van der Waals surface area contributed by atoms with Crippen LogP contribution in [0.25, 0.3) is 0 Å². The Hall–Kier alpha value is -4.19. The third-order valence-corrected chi connectivity index (χ3v) is 14.4. The summed E-state index contributed by atoms with van der Waals surface area (Å²) in [5.41, 5.74) is 0. The largest absolute Gasteiger partial charge is 0.462 e. The van der Waals surface area contributed by atoms with Crippen molar-refractivity contribution in [3.63, 3.8) is 0 Å². The third-order valence-electron chi connectivity index (χ3n) is 14.4. The molecule has 6 heteroatoms. The zero-order valence-corrected chi connectivity index (χ0v) is 53.0. The molecule has 0 rings (SSSR count). The molecule has 81 heavy (non-hydrogen) atoms. The quantitative estimate of drug-likeness (QED) is 0.0261. The normalized spacial score (nSPS) is 12.9. The van der Waals surface area contributed by atoms with Crippen LogP contribution in [0, 0.1) is 0 Å². The van der Waals surface area contributed by atoms with Gasteiger partial charge in [0, 0.05) is 19.3 Å². The number of ether oxygens (including phenoxy) is 3. The number of carbonyl (C=O) groups is 3. The van der Waals surface area contributed by atoms with Crippen molar-refractivity contribution in [1.82, 2.24) is 0 Å². The molecule has 0 saturated carbocycles. The van der Waals surface area contributed by atoms with Crippen LogP contribution in [-0.2, 0) is 28.6 Å². The van der Waals surface area contributed by atoms with E-state index >= 15 is 0 Å². The summed E-state index contributed by atoms with van der Waals surface area (Å²) < 4.78 is 16.9. The number of rotatable bonds is 61. The lowest BCUT2D eigenvalue weighted by molar-refractivity contribution is -0.167. The van der Waals surface area contributed by atoms with Gasteiger partial charge in [-0.25, -0.2) is 0 Å². The van der Waals surface area contributed by atoms with E-state index in [1.807, 2.05) is 0 Å². The minimum absolute atomic E-state index is 0.0984. The summed E-state index contributed by atoms with van der Waals surface area (Å²) in [6.07, 6.45) is 95.0. The maximum Gasteiger partial charge on any atom is 0.306 e. The van der Waals surface area contributed by atoms with Crippen LogP contribution in [0.5, 0.6) is 0 Å². The number of carbonyl (C=O) groups excluding carboxylic acids is 3. The van der Waals surface area contributed by atoms with Crippen LogP contribution in [0.1, 0.15) is 316 Å². The molecule has 0 aromatic rings. The molecule has 0 aromatic heterocycles. The predicted octanol–water partition coefficient (Wildman–Crippen LogP) is 23.6. The fraction of sp³-hybridized carbons (Fsp3) is 0.693. The molecule has 0 aliphatic carbocycles. The van der Waals surface area contributed by atoms with Gasteiger partial charge in [0.25, 0.3) is 0 Å². The Bertz CT molecular complexity index is 1670. The van der Waals surface area contributed by atoms with Crippen LogP contribution in [0.3, 0.4) is 0 Å². The molecule has 1 unspecified atom stereocenters. The lowest BCUT2D eigenvalue weighted by Gasteiger charge is -2.18. The van der Waals surface area contributed by atoms with E-state index in [2.05, 4.69) is 142 Å². The topological polar surface area (TPSA) is 78.9 Å². The van der Waals surface area contributed by atoms with Crippen LogP contribution in [0.15, 0.2) is 122 Å². The molecule has 0 aliphatic rings. The fourth-order valence-electron chi connectivity index (χ4n) is 9.33. The van der Waals surface area contributed by atoms with E-state index in [1.54, 1.807) is 0 Å². The minimum atomic E-state index is -0.807. The van der Waals surface area contributed by atoms with Gasteiger partial charge in [-0.05, 0) is 135 Å². The fourth-order valence-corrected chi connectivity index (χ4v) is 9.33. The third kappa shape index (κ3) is 66.5. The standard InChI is InChI=1S/C75H126O6/c1-4-7-10-13-16-19-22-25-28-30-32-33-34-35-36-37-38-39-40-41-43-44-47-50-53-56-59-62-65-68-74(77)80-71-72(70-79-73(76)67-64-61-58-55-52-49-46-27-24-21-18-15-12-9-6-3)81-75(78)69-66-63-60-57-54-51-48-45-42-31-29-26-23-20-17-14-11-8-5-2/h9,12,17-18,20-22,25-27,29-30,32,34-35,42,45-46,52,55,72H,4-8,10-11,13-16,19,23-24,28,31,33,36-41,43-44,47-51,53-54,56-71H2,1-3H3/b12-9-,20-17-,21-18-,25-22-,29-26-,32-30-,35-34-,45-42-,46-27-,55-52-. The second kappa shape index (κ2) is 68.3. The second-order valence-corrected chi connectivity index (χ2v) is 22.3. The molecule has 0 N–H and O–H groups in total. The molecule has 0 amide bonds. The summed E-state index contributed by atoms with van der Waals surface area (Å²) in [6.45, 7) is 6.46. The van der Waals surface area contributed by atoms with Crippen molar-refractivity contribution in [2.45, 2.75) is 322 Å². The van der Waals surface area contributed by atoms with E-state index in [9.17, 15) is 14.4 Å². The Morgan fingerprint density at radius 1 is 0.259 bits per heavy atom. The number of allylic oxidation sites excluding steroid dienone is 20. The zero-order chi connectivity index (χ0) is 58.5. The molecule has 6 nitrogen and oxygen atoms in total. The highest BCUT2D eigenvalue weighted by molar-refractivity contribution is 5.71. The Morgan fingerprint density at radius 2 is 0.481 bits per heavy atom. The van der Waals surface area contributed by atoms with Crippen molar-refractivity contribution < 1.29 is 28.6 Å². The molecule has 0 bridgehead atoms. The van der Waals surface area contributed by atoms with Crippen molar-refractivity contribution >= 4 is 17.9 Å². The van der Waals surface area contributed by atoms with E-state index < -0.39 is 6.10 Å². The highest BCUT2D eigenvalue weighted by atomic mass is 16.6. The van der Waals surface area contributed by atoms with Gasteiger partial charge in [0.1, 0.15) is 13.2 Å². The number of esters is 3. The summed E-state index contributed by atoms with van der Waals surface area (Å²) in [4.78, 5) is 38.4. The molecule has 0 aliphatic heterocycles. The number of hydrogen-bond donors (Lipinski definition) is 0. The Kier molecular flexibility index (Phi) is 64.8. The van der Waals surface area contributed by atoms with E-state index in [0.29, 0.717) is 19.3 Å². The summed E-state index contributed by atoms with van der Waals surface area (Å²) in [6, 6.07) is 0. The molecular weight excluding hydrogens is 997 g/mol. The van der Waals surface area contributed by atoms with Crippen molar-refractivity contribution in [1.29, 1.82) is 0 Å². The highest BCUT2D eigenvalue weighted by Gasteiger charge is 2.19. The van der Waals surface area contributed by atoms with Crippen LogP contribution >= 0.6 is 0 Å². The van der Waals surface area contributed by atoms with E-state index in [1.165, 1.54) is 154 Å². The first-order valence-electron chi connectivity index (χ1n) is 34.0. The molecular formula is C75H126O6. The van der Waals surface area contributed by atoms with Gasteiger partial charge in [0.2, 0.25) is 0 Å². The lowest BCUT2D eigenvalue weighted by atomic mass is 10.0. The van der Waals surface area contributed by atoms with Crippen molar-refractivity contribution in [3.8, 4) is 0 Å². The number of hydrogen-bond acceptors (Lipinski definition) is 6. The molecule has 0 aromatic carbocycles. The summed E-state index contributed by atoms with van der Waals surface area (Å²) in [5, 5.41) is 0. The van der Waals surface area contributed by atoms with Gasteiger partial charge in [-0.1, -0.05) is 284 Å². The Labute approximate surface area is 501 Å². The first kappa shape index (κ1) is 76.8. The molecule has 1 atom stereocenters. The maximum absolute atomic E-state index is 12.9. The van der Waals surface area contributed by atoms with E-state index in [0.717, 1.165) is 122 Å².